The van der Waals surface area contributed by atoms with Crippen molar-refractivity contribution in [3.63, 3.8) is 0 Å². The highest BCUT2D eigenvalue weighted by molar-refractivity contribution is 7.11. The van der Waals surface area contributed by atoms with Crippen LogP contribution >= 0.6 is 11.3 Å². The van der Waals surface area contributed by atoms with Gasteiger partial charge in [-0.2, -0.15) is 0 Å². The molecule has 8 heteroatoms. The molecule has 1 aromatic carbocycles. The highest BCUT2D eigenvalue weighted by Crippen LogP contribution is 2.21. The summed E-state index contributed by atoms with van der Waals surface area (Å²) >= 11 is 1.44. The van der Waals surface area contributed by atoms with E-state index in [1.165, 1.54) is 29.5 Å². The standard InChI is InChI=1S/C17H14FN3O3S/c1-10-6-7-25-14(10)8-13-16(23)21(17(24)20-13)9-15(22)19-12-5-3-2-4-11(12)18/h2-8H,9H2,1H3,(H,19,22)(H,20,24)/b13-8+. The number of carbonyl (C=O) groups excluding carboxylic acids is 3. The summed E-state index contributed by atoms with van der Waals surface area (Å²) in [6.07, 6.45) is 1.58. The quantitative estimate of drug-likeness (QED) is 0.651. The summed E-state index contributed by atoms with van der Waals surface area (Å²) in [7, 11) is 0. The molecular weight excluding hydrogens is 345 g/mol. The smallest absolute Gasteiger partial charge is 0.322 e. The van der Waals surface area contributed by atoms with E-state index in [4.69, 9.17) is 0 Å². The van der Waals surface area contributed by atoms with Gasteiger partial charge in [0.1, 0.15) is 18.1 Å². The van der Waals surface area contributed by atoms with Gasteiger partial charge in [-0.3, -0.25) is 9.59 Å². The molecule has 2 N–H and O–H groups in total. The summed E-state index contributed by atoms with van der Waals surface area (Å²) in [6, 6.07) is 6.87. The number of hydrogen-bond donors (Lipinski definition) is 2. The fraction of sp³-hybridized carbons (Fsp3) is 0.118. The summed E-state index contributed by atoms with van der Waals surface area (Å²) in [6.45, 7) is 1.39. The fourth-order valence-electron chi connectivity index (χ4n) is 2.27. The van der Waals surface area contributed by atoms with Gasteiger partial charge in [0.15, 0.2) is 0 Å². The number of nitrogens with zero attached hydrogens (tertiary/aromatic N) is 1. The number of para-hydroxylation sites is 1. The number of aryl methyl sites for hydroxylation is 1. The van der Waals surface area contributed by atoms with Crippen molar-refractivity contribution in [1.82, 2.24) is 10.2 Å². The normalized spacial score (nSPS) is 15.6. The maximum atomic E-state index is 13.5. The highest BCUT2D eigenvalue weighted by atomic mass is 32.1. The summed E-state index contributed by atoms with van der Waals surface area (Å²) in [5, 5.41) is 6.67. The molecule has 0 aliphatic carbocycles. The molecule has 25 heavy (non-hydrogen) atoms. The van der Waals surface area contributed by atoms with Crippen LogP contribution in [-0.4, -0.2) is 29.3 Å². The Bertz CT molecular complexity index is 891. The van der Waals surface area contributed by atoms with E-state index in [2.05, 4.69) is 10.6 Å². The molecule has 0 radical (unpaired) electrons. The molecule has 128 valence electrons. The van der Waals surface area contributed by atoms with Crippen LogP contribution in [-0.2, 0) is 9.59 Å². The van der Waals surface area contributed by atoms with Crippen molar-refractivity contribution >= 4 is 40.9 Å². The first-order chi connectivity index (χ1) is 12.0. The van der Waals surface area contributed by atoms with Gasteiger partial charge in [-0.05, 0) is 42.1 Å². The van der Waals surface area contributed by atoms with Crippen LogP contribution in [0.4, 0.5) is 14.9 Å². The zero-order valence-corrected chi connectivity index (χ0v) is 14.0. The Morgan fingerprint density at radius 2 is 2.08 bits per heavy atom. The topological polar surface area (TPSA) is 78.5 Å². The number of amides is 4. The lowest BCUT2D eigenvalue weighted by Gasteiger charge is -2.12. The molecule has 1 saturated heterocycles. The minimum atomic E-state index is -0.686. The van der Waals surface area contributed by atoms with Crippen LogP contribution in [0.3, 0.4) is 0 Å². The second-order valence-electron chi connectivity index (χ2n) is 5.38. The second kappa shape index (κ2) is 6.86. The molecule has 1 aromatic heterocycles. The largest absolute Gasteiger partial charge is 0.329 e. The second-order valence-corrected chi connectivity index (χ2v) is 6.32. The number of carbonyl (C=O) groups is 3. The lowest BCUT2D eigenvalue weighted by molar-refractivity contribution is -0.127. The van der Waals surface area contributed by atoms with Crippen LogP contribution in [0.1, 0.15) is 10.4 Å². The number of thiophene rings is 1. The number of anilines is 1. The third-order valence-corrected chi connectivity index (χ3v) is 4.56. The van der Waals surface area contributed by atoms with Gasteiger partial charge < -0.3 is 10.6 Å². The third kappa shape index (κ3) is 3.58. The van der Waals surface area contributed by atoms with Crippen molar-refractivity contribution in [3.8, 4) is 0 Å². The van der Waals surface area contributed by atoms with Crippen LogP contribution in [0, 0.1) is 12.7 Å². The van der Waals surface area contributed by atoms with E-state index in [-0.39, 0.29) is 11.4 Å². The van der Waals surface area contributed by atoms with Gasteiger partial charge in [0.05, 0.1) is 5.69 Å². The minimum Gasteiger partial charge on any atom is -0.322 e. The summed E-state index contributed by atoms with van der Waals surface area (Å²) in [5.74, 6) is -1.86. The number of urea groups is 1. The van der Waals surface area contributed by atoms with Crippen LogP contribution < -0.4 is 10.6 Å². The summed E-state index contributed by atoms with van der Waals surface area (Å²) in [5.41, 5.74) is 1.08. The van der Waals surface area contributed by atoms with Gasteiger partial charge in [-0.1, -0.05) is 12.1 Å². The van der Waals surface area contributed by atoms with E-state index in [1.807, 2.05) is 18.4 Å². The van der Waals surface area contributed by atoms with E-state index in [0.717, 1.165) is 15.3 Å². The Labute approximate surface area is 146 Å². The monoisotopic (exact) mass is 359 g/mol. The first-order valence-electron chi connectivity index (χ1n) is 7.38. The molecule has 0 saturated carbocycles. The van der Waals surface area contributed by atoms with Crippen molar-refractivity contribution < 1.29 is 18.8 Å². The first kappa shape index (κ1) is 16.8. The molecule has 6 nitrogen and oxygen atoms in total. The molecule has 2 aromatic rings. The van der Waals surface area contributed by atoms with E-state index in [0.29, 0.717) is 0 Å². The van der Waals surface area contributed by atoms with Gasteiger partial charge in [0.2, 0.25) is 5.91 Å². The van der Waals surface area contributed by atoms with Gasteiger partial charge >= 0.3 is 6.03 Å². The van der Waals surface area contributed by atoms with Crippen LogP contribution in [0.2, 0.25) is 0 Å². The van der Waals surface area contributed by atoms with Crippen molar-refractivity contribution in [2.75, 3.05) is 11.9 Å². The minimum absolute atomic E-state index is 0.00969. The van der Waals surface area contributed by atoms with Crippen LogP contribution in [0.15, 0.2) is 41.4 Å². The first-order valence-corrected chi connectivity index (χ1v) is 8.26. The average molecular weight is 359 g/mol. The Kier molecular flexibility index (Phi) is 4.62. The molecule has 1 aliphatic heterocycles. The predicted molar refractivity (Wildman–Crippen MR) is 92.3 cm³/mol. The zero-order chi connectivity index (χ0) is 18.0. The Balaban J connectivity index is 1.71. The van der Waals surface area contributed by atoms with Crippen LogP contribution in [0.25, 0.3) is 6.08 Å². The average Bonchev–Trinajstić information content (AvgIpc) is 3.08. The fourth-order valence-corrected chi connectivity index (χ4v) is 3.13. The predicted octanol–water partition coefficient (Wildman–Crippen LogP) is 2.73. The number of hydrogen-bond acceptors (Lipinski definition) is 4. The van der Waals surface area contributed by atoms with Gasteiger partial charge in [0.25, 0.3) is 5.91 Å². The van der Waals surface area contributed by atoms with Crippen LogP contribution in [0.5, 0.6) is 0 Å². The summed E-state index contributed by atoms with van der Waals surface area (Å²) in [4.78, 5) is 38.0. The molecule has 2 heterocycles. The Morgan fingerprint density at radius 3 is 2.76 bits per heavy atom. The maximum absolute atomic E-state index is 13.5. The molecule has 4 amide bonds. The van der Waals surface area contributed by atoms with Crippen molar-refractivity contribution in [2.24, 2.45) is 0 Å². The molecule has 0 spiro atoms. The van der Waals surface area contributed by atoms with E-state index in [1.54, 1.807) is 12.1 Å². The Morgan fingerprint density at radius 1 is 1.32 bits per heavy atom. The lowest BCUT2D eigenvalue weighted by atomic mass is 10.2. The molecule has 0 bridgehead atoms. The highest BCUT2D eigenvalue weighted by Gasteiger charge is 2.35. The molecular formula is C17H14FN3O3S. The van der Waals surface area contributed by atoms with E-state index >= 15 is 0 Å². The summed E-state index contributed by atoms with van der Waals surface area (Å²) < 4.78 is 13.5. The van der Waals surface area contributed by atoms with Gasteiger partial charge in [-0.15, -0.1) is 11.3 Å². The van der Waals surface area contributed by atoms with Gasteiger partial charge in [0, 0.05) is 4.88 Å². The molecule has 3 rings (SSSR count). The number of benzene rings is 1. The molecule has 0 unspecified atom stereocenters. The van der Waals surface area contributed by atoms with E-state index in [9.17, 15) is 18.8 Å². The molecule has 1 aliphatic rings. The molecule has 0 atom stereocenters. The van der Waals surface area contributed by atoms with Crippen molar-refractivity contribution in [1.29, 1.82) is 0 Å². The van der Waals surface area contributed by atoms with E-state index < -0.39 is 30.2 Å². The molecule has 1 fully saturated rings. The maximum Gasteiger partial charge on any atom is 0.329 e. The number of halogens is 1. The number of imide groups is 1. The van der Waals surface area contributed by atoms with Crippen molar-refractivity contribution in [3.05, 3.63) is 57.7 Å². The van der Waals surface area contributed by atoms with Gasteiger partial charge in [-0.25, -0.2) is 14.1 Å². The van der Waals surface area contributed by atoms with Crippen molar-refractivity contribution in [2.45, 2.75) is 6.92 Å². The lowest BCUT2D eigenvalue weighted by Crippen LogP contribution is -2.38. The number of rotatable bonds is 4. The third-order valence-electron chi connectivity index (χ3n) is 3.59. The number of nitrogens with one attached hydrogen (secondary N) is 2. The zero-order valence-electron chi connectivity index (χ0n) is 13.2. The Hall–Kier alpha value is -3.00. The SMILES string of the molecule is Cc1ccsc1/C=C1/NC(=O)N(CC(=O)Nc2ccccc2F)C1=O.